The summed E-state index contributed by atoms with van der Waals surface area (Å²) in [4.78, 5) is 25.0. The Morgan fingerprint density at radius 3 is 2.73 bits per heavy atom. The second-order valence-corrected chi connectivity index (χ2v) is 12.6. The molecule has 0 spiro atoms. The van der Waals surface area contributed by atoms with Crippen LogP contribution in [0.4, 0.5) is 0 Å². The van der Waals surface area contributed by atoms with Gasteiger partial charge in [0, 0.05) is 17.2 Å². The third kappa shape index (κ3) is 6.95. The number of para-hydroxylation sites is 1. The first-order valence-corrected chi connectivity index (χ1v) is 15.6. The molecule has 1 saturated heterocycles. The highest BCUT2D eigenvalue weighted by Gasteiger charge is 2.33. The normalized spacial score (nSPS) is 19.1. The molecule has 0 amide bonds. The first-order chi connectivity index (χ1) is 19.1. The number of phenolic OH excluding ortho intramolecular Hbond substituents is 1. The smallest absolute Gasteiger partial charge is 0.342 e. The largest absolute Gasteiger partial charge is 0.507 e. The van der Waals surface area contributed by atoms with Gasteiger partial charge in [0.2, 0.25) is 0 Å². The van der Waals surface area contributed by atoms with Gasteiger partial charge in [0.05, 0.1) is 6.16 Å². The molecule has 9 nitrogen and oxygen atoms in total. The zero-order chi connectivity index (χ0) is 28.9. The maximum Gasteiger partial charge on any atom is 0.342 e. The minimum Gasteiger partial charge on any atom is -0.507 e. The van der Waals surface area contributed by atoms with Crippen molar-refractivity contribution in [2.24, 2.45) is 0 Å². The lowest BCUT2D eigenvalue weighted by Crippen LogP contribution is -2.37. The van der Waals surface area contributed by atoms with E-state index in [9.17, 15) is 19.3 Å². The van der Waals surface area contributed by atoms with Gasteiger partial charge in [-0.05, 0) is 76.3 Å². The molecule has 1 fully saturated rings. The summed E-state index contributed by atoms with van der Waals surface area (Å²) in [5.74, 6) is -0.653. The van der Waals surface area contributed by atoms with Crippen molar-refractivity contribution in [3.63, 3.8) is 0 Å². The quantitative estimate of drug-likeness (QED) is 0.184. The van der Waals surface area contributed by atoms with Gasteiger partial charge in [0.15, 0.2) is 0 Å². The van der Waals surface area contributed by atoms with Crippen LogP contribution in [0, 0.1) is 6.92 Å². The first kappa shape index (κ1) is 29.8. The number of hydrogen-bond donors (Lipinski definition) is 3. The number of phenols is 1. The van der Waals surface area contributed by atoms with Crippen molar-refractivity contribution >= 4 is 19.5 Å². The summed E-state index contributed by atoms with van der Waals surface area (Å²) in [6.07, 6.45) is 4.91. The molecule has 3 N–H and O–H groups in total. The van der Waals surface area contributed by atoms with E-state index < -0.39 is 25.5 Å². The lowest BCUT2D eigenvalue weighted by atomic mass is 9.89. The van der Waals surface area contributed by atoms with E-state index in [0.29, 0.717) is 24.2 Å². The zero-order valence-electron chi connectivity index (χ0n) is 23.6. The number of hydrogen-bond acceptors (Lipinski definition) is 8. The summed E-state index contributed by atoms with van der Waals surface area (Å²) in [5.41, 5.74) is 4.27. The summed E-state index contributed by atoms with van der Waals surface area (Å²) < 4.78 is 30.7. The van der Waals surface area contributed by atoms with Gasteiger partial charge < -0.3 is 24.4 Å². The fourth-order valence-corrected chi connectivity index (χ4v) is 7.47. The van der Waals surface area contributed by atoms with Crippen LogP contribution in [0.3, 0.4) is 0 Å². The first-order valence-electron chi connectivity index (χ1n) is 13.8. The summed E-state index contributed by atoms with van der Waals surface area (Å²) in [6, 6.07) is 8.10. The van der Waals surface area contributed by atoms with Gasteiger partial charge in [-0.15, -0.1) is 0 Å². The molecular weight excluding hydrogens is 531 g/mol. The second-order valence-electron chi connectivity index (χ2n) is 10.5. The van der Waals surface area contributed by atoms with E-state index in [1.54, 1.807) is 31.2 Å². The number of cyclic esters (lactones) is 1. The minimum absolute atomic E-state index is 0.0257. The highest BCUT2D eigenvalue weighted by atomic mass is 31.2. The average Bonchev–Trinajstić information content (AvgIpc) is 3.58. The van der Waals surface area contributed by atoms with Crippen LogP contribution in [0.1, 0.15) is 66.2 Å². The van der Waals surface area contributed by atoms with Crippen LogP contribution in [0.15, 0.2) is 42.0 Å². The molecule has 10 heteroatoms. The second kappa shape index (κ2) is 13.0. The van der Waals surface area contributed by atoms with Gasteiger partial charge in [-0.3, -0.25) is 9.36 Å². The van der Waals surface area contributed by atoms with Gasteiger partial charge in [0.1, 0.15) is 36.3 Å². The number of esters is 2. The molecule has 2 aromatic carbocycles. The monoisotopic (exact) mass is 570 g/mol. The Balaban J connectivity index is 1.52. The fraction of sp³-hybridized carbons (Fsp3) is 0.467. The Bertz CT molecular complexity index is 1320. The van der Waals surface area contributed by atoms with E-state index in [1.807, 2.05) is 32.9 Å². The lowest BCUT2D eigenvalue weighted by Gasteiger charge is -2.24. The molecule has 3 atom stereocenters. The van der Waals surface area contributed by atoms with Crippen LogP contribution in [0.5, 0.6) is 11.5 Å². The summed E-state index contributed by atoms with van der Waals surface area (Å²) >= 11 is 0. The molecule has 0 radical (unpaired) electrons. The molecule has 4 rings (SSSR count). The zero-order valence-corrected chi connectivity index (χ0v) is 24.5. The highest BCUT2D eigenvalue weighted by molar-refractivity contribution is 7.57. The molecular formula is C30H39N2O7P. The van der Waals surface area contributed by atoms with Crippen molar-refractivity contribution in [2.75, 3.05) is 19.3 Å². The predicted molar refractivity (Wildman–Crippen MR) is 153 cm³/mol. The molecule has 2 aliphatic rings. The Morgan fingerprint density at radius 2 is 2.05 bits per heavy atom. The van der Waals surface area contributed by atoms with Crippen LogP contribution < -0.4 is 14.9 Å². The third-order valence-electron chi connectivity index (χ3n) is 7.44. The fourth-order valence-electron chi connectivity index (χ4n) is 5.32. The van der Waals surface area contributed by atoms with Crippen molar-refractivity contribution in [3.8, 4) is 11.5 Å². The summed E-state index contributed by atoms with van der Waals surface area (Å²) in [6.45, 7) is 8.73. The highest BCUT2D eigenvalue weighted by Crippen LogP contribution is 2.45. The molecule has 40 heavy (non-hydrogen) atoms. The minimum atomic E-state index is -3.61. The van der Waals surface area contributed by atoms with Crippen LogP contribution in [-0.2, 0) is 38.3 Å². The Kier molecular flexibility index (Phi) is 9.72. The summed E-state index contributed by atoms with van der Waals surface area (Å²) in [5, 5.41) is 17.2. The van der Waals surface area contributed by atoms with Crippen LogP contribution in [0.25, 0.3) is 0 Å². The topological polar surface area (TPSA) is 123 Å². The molecule has 0 aromatic heterocycles. The maximum absolute atomic E-state index is 14.1. The molecule has 1 unspecified atom stereocenters. The standard InChI is InChI=1S/C30H39N2O7P/c1-5-24-20(3)26-17-38-30(35)27(26)28(33)25(24)14-13-19(2)18-40(36,39-23-11-7-6-8-12-23)32-21(4)29(34)37-16-22-10-9-15-31-22/h6-8,11-13,21-22,31,33H,5,9-10,14-18H2,1-4H3,(H,32,36)/t21-,22-,40?/m0/s1. The molecule has 2 aromatic rings. The van der Waals surface area contributed by atoms with Gasteiger partial charge in [-0.25, -0.2) is 9.88 Å². The van der Waals surface area contributed by atoms with Crippen LogP contribution in [0.2, 0.25) is 0 Å². The number of fused-ring (bicyclic) bond motifs is 1. The Labute approximate surface area is 235 Å². The number of nitrogens with one attached hydrogen (secondary N) is 2. The van der Waals surface area contributed by atoms with E-state index in [-0.39, 0.29) is 36.7 Å². The van der Waals surface area contributed by atoms with Crippen molar-refractivity contribution in [1.29, 1.82) is 0 Å². The van der Waals surface area contributed by atoms with Gasteiger partial charge in [0.25, 0.3) is 0 Å². The van der Waals surface area contributed by atoms with E-state index in [2.05, 4.69) is 10.4 Å². The number of aromatic hydroxyl groups is 1. The number of allylic oxidation sites excluding steroid dienone is 2. The van der Waals surface area contributed by atoms with E-state index in [1.165, 1.54) is 0 Å². The predicted octanol–water partition coefficient (Wildman–Crippen LogP) is 4.97. The Hall–Kier alpha value is -3.13. The lowest BCUT2D eigenvalue weighted by molar-refractivity contribution is -0.145. The molecule has 0 aliphatic carbocycles. The van der Waals surface area contributed by atoms with E-state index in [0.717, 1.165) is 41.6 Å². The van der Waals surface area contributed by atoms with E-state index in [4.69, 9.17) is 14.0 Å². The maximum atomic E-state index is 14.1. The van der Waals surface area contributed by atoms with Gasteiger partial charge in [-0.1, -0.05) is 36.8 Å². The number of ether oxygens (including phenoxy) is 2. The van der Waals surface area contributed by atoms with Crippen molar-refractivity contribution < 1.29 is 33.3 Å². The molecule has 0 bridgehead atoms. The van der Waals surface area contributed by atoms with E-state index >= 15 is 0 Å². The number of rotatable bonds is 12. The Morgan fingerprint density at radius 1 is 1.30 bits per heavy atom. The molecule has 216 valence electrons. The van der Waals surface area contributed by atoms with Gasteiger partial charge in [-0.2, -0.15) is 0 Å². The molecule has 2 aliphatic heterocycles. The summed E-state index contributed by atoms with van der Waals surface area (Å²) in [7, 11) is -3.61. The SMILES string of the molecule is CCc1c(C)c2c(c(O)c1CC=C(C)CP(=O)(N[C@@H](C)C(=O)OC[C@@H]1CCCN1)Oc1ccccc1)C(=O)OC2. The number of carbonyl (C=O) groups excluding carboxylic acids is 2. The number of benzene rings is 2. The molecule has 2 heterocycles. The average molecular weight is 571 g/mol. The van der Waals surface area contributed by atoms with Crippen molar-refractivity contribution in [1.82, 2.24) is 10.4 Å². The number of carbonyl (C=O) groups is 2. The third-order valence-corrected chi connectivity index (χ3v) is 9.64. The van der Waals surface area contributed by atoms with Crippen LogP contribution >= 0.6 is 7.52 Å². The van der Waals surface area contributed by atoms with Crippen LogP contribution in [-0.4, -0.2) is 48.4 Å². The van der Waals surface area contributed by atoms with Crippen molar-refractivity contribution in [2.45, 2.75) is 72.1 Å². The van der Waals surface area contributed by atoms with Crippen molar-refractivity contribution in [3.05, 3.63) is 69.8 Å². The van der Waals surface area contributed by atoms with Gasteiger partial charge >= 0.3 is 19.5 Å². The molecule has 0 saturated carbocycles.